The van der Waals surface area contributed by atoms with Gasteiger partial charge in [-0.05, 0) is 29.8 Å². The molecule has 6 nitrogen and oxygen atoms in total. The van der Waals surface area contributed by atoms with Crippen molar-refractivity contribution in [1.82, 2.24) is 20.1 Å². The summed E-state index contributed by atoms with van der Waals surface area (Å²) in [5.41, 5.74) is 2.05. The maximum absolute atomic E-state index is 12.0. The van der Waals surface area contributed by atoms with E-state index in [1.54, 1.807) is 7.11 Å². The van der Waals surface area contributed by atoms with E-state index in [2.05, 4.69) is 27.6 Å². The third-order valence-electron chi connectivity index (χ3n) is 3.96. The highest BCUT2D eigenvalue weighted by Crippen LogP contribution is 2.26. The number of carbonyl (C=O) groups is 1. The Morgan fingerprint density at radius 1 is 1.14 bits per heavy atom. The van der Waals surface area contributed by atoms with Gasteiger partial charge in [-0.15, -0.1) is 10.2 Å². The molecule has 1 N–H and O–H groups in total. The first-order valence-electron chi connectivity index (χ1n) is 8.79. The van der Waals surface area contributed by atoms with Gasteiger partial charge >= 0.3 is 0 Å². The van der Waals surface area contributed by atoms with Crippen LogP contribution in [0.25, 0.3) is 11.4 Å². The molecule has 1 heterocycles. The summed E-state index contributed by atoms with van der Waals surface area (Å²) >= 11 is 7.37. The van der Waals surface area contributed by atoms with Crippen LogP contribution in [-0.4, -0.2) is 46.7 Å². The predicted molar refractivity (Wildman–Crippen MR) is 112 cm³/mol. The fourth-order valence-corrected chi connectivity index (χ4v) is 3.48. The highest BCUT2D eigenvalue weighted by molar-refractivity contribution is 7.99. The van der Waals surface area contributed by atoms with E-state index in [1.165, 1.54) is 11.8 Å². The lowest BCUT2D eigenvalue weighted by Crippen LogP contribution is -2.28. The van der Waals surface area contributed by atoms with Crippen LogP contribution < -0.4 is 5.32 Å². The maximum atomic E-state index is 12.0. The quantitative estimate of drug-likeness (QED) is 0.427. The molecule has 8 heteroatoms. The van der Waals surface area contributed by atoms with Crippen molar-refractivity contribution in [3.05, 3.63) is 65.2 Å². The molecule has 0 spiro atoms. The third kappa shape index (κ3) is 5.58. The first kappa shape index (κ1) is 20.4. The second-order valence-corrected chi connectivity index (χ2v) is 7.40. The highest BCUT2D eigenvalue weighted by Gasteiger charge is 2.16. The van der Waals surface area contributed by atoms with Gasteiger partial charge in [-0.2, -0.15) is 0 Å². The van der Waals surface area contributed by atoms with Gasteiger partial charge in [0, 0.05) is 24.2 Å². The van der Waals surface area contributed by atoms with E-state index >= 15 is 0 Å². The molecule has 1 amide bonds. The summed E-state index contributed by atoms with van der Waals surface area (Å²) in [6.45, 7) is 1.59. The summed E-state index contributed by atoms with van der Waals surface area (Å²) in [7, 11) is 1.60. The number of nitrogens with zero attached hydrogens (tertiary/aromatic N) is 3. The minimum Gasteiger partial charge on any atom is -0.383 e. The van der Waals surface area contributed by atoms with Gasteiger partial charge in [-0.3, -0.25) is 9.36 Å². The summed E-state index contributed by atoms with van der Waals surface area (Å²) in [5, 5.41) is 12.8. The second-order valence-electron chi connectivity index (χ2n) is 6.02. The highest BCUT2D eigenvalue weighted by atomic mass is 35.5. The fourth-order valence-electron chi connectivity index (χ4n) is 2.59. The van der Waals surface area contributed by atoms with E-state index in [4.69, 9.17) is 16.3 Å². The monoisotopic (exact) mass is 416 g/mol. The summed E-state index contributed by atoms with van der Waals surface area (Å²) in [4.78, 5) is 12.0. The molecule has 0 aliphatic carbocycles. The minimum atomic E-state index is -0.0654. The Morgan fingerprint density at radius 2 is 1.89 bits per heavy atom. The molecule has 28 heavy (non-hydrogen) atoms. The van der Waals surface area contributed by atoms with Gasteiger partial charge in [-0.25, -0.2) is 0 Å². The summed E-state index contributed by atoms with van der Waals surface area (Å²) < 4.78 is 6.96. The average Bonchev–Trinajstić information content (AvgIpc) is 3.10. The Hall–Kier alpha value is -2.35. The van der Waals surface area contributed by atoms with Gasteiger partial charge in [0.15, 0.2) is 11.0 Å². The largest absolute Gasteiger partial charge is 0.383 e. The second kappa shape index (κ2) is 10.3. The van der Waals surface area contributed by atoms with E-state index in [0.29, 0.717) is 29.9 Å². The minimum absolute atomic E-state index is 0.0654. The SMILES string of the molecule is COCCNC(=O)CSc1nnc(-c2ccc(Cl)cc2)n1Cc1ccccc1. The van der Waals surface area contributed by atoms with Crippen LogP contribution in [0, 0.1) is 0 Å². The topological polar surface area (TPSA) is 69.0 Å². The van der Waals surface area contributed by atoms with E-state index in [0.717, 1.165) is 17.0 Å². The first-order valence-corrected chi connectivity index (χ1v) is 10.1. The molecule has 3 rings (SSSR count). The molecule has 0 saturated heterocycles. The third-order valence-corrected chi connectivity index (χ3v) is 5.18. The van der Waals surface area contributed by atoms with Gasteiger partial charge < -0.3 is 10.1 Å². The van der Waals surface area contributed by atoms with Crippen molar-refractivity contribution >= 4 is 29.3 Å². The number of thioether (sulfide) groups is 1. The van der Waals surface area contributed by atoms with Gasteiger partial charge in [0.2, 0.25) is 5.91 Å². The van der Waals surface area contributed by atoms with Crippen LogP contribution in [-0.2, 0) is 16.1 Å². The number of hydrogen-bond acceptors (Lipinski definition) is 5. The number of carbonyl (C=O) groups excluding carboxylic acids is 1. The van der Waals surface area contributed by atoms with Crippen molar-refractivity contribution in [2.45, 2.75) is 11.7 Å². The Balaban J connectivity index is 1.81. The lowest BCUT2D eigenvalue weighted by molar-refractivity contribution is -0.118. The zero-order valence-electron chi connectivity index (χ0n) is 15.5. The number of amides is 1. The molecule has 0 aliphatic rings. The van der Waals surface area contributed by atoms with Gasteiger partial charge in [0.25, 0.3) is 0 Å². The van der Waals surface area contributed by atoms with Crippen LogP contribution in [0.2, 0.25) is 5.02 Å². The zero-order chi connectivity index (χ0) is 19.8. The molecule has 0 unspecified atom stereocenters. The maximum Gasteiger partial charge on any atom is 0.230 e. The van der Waals surface area contributed by atoms with Gasteiger partial charge in [0.1, 0.15) is 0 Å². The van der Waals surface area contributed by atoms with E-state index in [-0.39, 0.29) is 11.7 Å². The molecule has 3 aromatic rings. The normalized spacial score (nSPS) is 10.8. The molecular formula is C20H21ClN4O2S. The molecule has 1 aromatic heterocycles. The van der Waals surface area contributed by atoms with Crippen molar-refractivity contribution < 1.29 is 9.53 Å². The van der Waals surface area contributed by atoms with Crippen LogP contribution in [0.3, 0.4) is 0 Å². The van der Waals surface area contributed by atoms with Crippen molar-refractivity contribution in [2.24, 2.45) is 0 Å². The fraction of sp³-hybridized carbons (Fsp3) is 0.250. The first-order chi connectivity index (χ1) is 13.7. The van der Waals surface area contributed by atoms with E-state index < -0.39 is 0 Å². The molecule has 0 fully saturated rings. The summed E-state index contributed by atoms with van der Waals surface area (Å²) in [5.74, 6) is 0.934. The standard InChI is InChI=1S/C20H21ClN4O2S/c1-27-12-11-22-18(26)14-28-20-24-23-19(16-7-9-17(21)10-8-16)25(20)13-15-5-3-2-4-6-15/h2-10H,11-14H2,1H3,(H,22,26). The molecule has 2 aromatic carbocycles. The number of nitrogens with one attached hydrogen (secondary N) is 1. The number of benzene rings is 2. The Bertz CT molecular complexity index is 900. The lowest BCUT2D eigenvalue weighted by Gasteiger charge is -2.11. The van der Waals surface area contributed by atoms with Crippen molar-refractivity contribution in [1.29, 1.82) is 0 Å². The molecule has 0 aliphatic heterocycles. The smallest absolute Gasteiger partial charge is 0.230 e. The average molecular weight is 417 g/mol. The zero-order valence-corrected chi connectivity index (χ0v) is 17.0. The van der Waals surface area contributed by atoms with Crippen LogP contribution in [0.4, 0.5) is 0 Å². The Morgan fingerprint density at radius 3 is 2.61 bits per heavy atom. The Labute approximate surface area is 173 Å². The molecule has 0 bridgehead atoms. The van der Waals surface area contributed by atoms with E-state index in [1.807, 2.05) is 47.0 Å². The number of hydrogen-bond donors (Lipinski definition) is 1. The summed E-state index contributed by atoms with van der Waals surface area (Å²) in [6.07, 6.45) is 0. The Kier molecular flexibility index (Phi) is 7.47. The van der Waals surface area contributed by atoms with Gasteiger partial charge in [-0.1, -0.05) is 53.7 Å². The van der Waals surface area contributed by atoms with Gasteiger partial charge in [0.05, 0.1) is 18.9 Å². The predicted octanol–water partition coefficient (Wildman–Crippen LogP) is 3.50. The lowest BCUT2D eigenvalue weighted by atomic mass is 10.2. The number of rotatable bonds is 9. The molecule has 0 radical (unpaired) electrons. The van der Waals surface area contributed by atoms with Crippen molar-refractivity contribution in [3.8, 4) is 11.4 Å². The van der Waals surface area contributed by atoms with Crippen LogP contribution in [0.5, 0.6) is 0 Å². The number of aromatic nitrogens is 3. The van der Waals surface area contributed by atoms with Crippen molar-refractivity contribution in [3.63, 3.8) is 0 Å². The van der Waals surface area contributed by atoms with Crippen molar-refractivity contribution in [2.75, 3.05) is 26.0 Å². The summed E-state index contributed by atoms with van der Waals surface area (Å²) in [6, 6.07) is 17.6. The molecule has 0 saturated carbocycles. The molecule has 0 atom stereocenters. The van der Waals surface area contributed by atoms with Crippen LogP contribution in [0.1, 0.15) is 5.56 Å². The molecular weight excluding hydrogens is 396 g/mol. The molecule has 146 valence electrons. The van der Waals surface area contributed by atoms with E-state index in [9.17, 15) is 4.79 Å². The van der Waals surface area contributed by atoms with Crippen LogP contribution in [0.15, 0.2) is 59.8 Å². The number of halogens is 1. The number of ether oxygens (including phenoxy) is 1. The van der Waals surface area contributed by atoms with Crippen LogP contribution >= 0.6 is 23.4 Å². The number of methoxy groups -OCH3 is 1.